The molecule has 29 heavy (non-hydrogen) atoms. The molecule has 0 unspecified atom stereocenters. The number of aliphatic carboxylic acids is 1. The number of aliphatic hydroxyl groups is 2. The predicted molar refractivity (Wildman–Crippen MR) is 98.8 cm³/mol. The van der Waals surface area contributed by atoms with Crippen LogP contribution in [0.2, 0.25) is 0 Å². The van der Waals surface area contributed by atoms with Gasteiger partial charge in [-0.3, -0.25) is 24.0 Å². The van der Waals surface area contributed by atoms with Gasteiger partial charge in [-0.05, 0) is 12.8 Å². The number of aliphatic hydroxyl groups excluding tert-OH is 2. The molecule has 0 saturated heterocycles. The third-order valence-corrected chi connectivity index (χ3v) is 3.88. The van der Waals surface area contributed by atoms with Crippen LogP contribution in [0.15, 0.2) is 0 Å². The molecular formula is C16H29N5O8. The average Bonchev–Trinajstić information content (AvgIpc) is 2.59. The van der Waals surface area contributed by atoms with E-state index >= 15 is 0 Å². The van der Waals surface area contributed by atoms with Gasteiger partial charge in [0.25, 0.3) is 0 Å². The molecule has 0 rings (SSSR count). The van der Waals surface area contributed by atoms with Gasteiger partial charge < -0.3 is 42.7 Å². The van der Waals surface area contributed by atoms with E-state index in [4.69, 9.17) is 16.6 Å². The quantitative estimate of drug-likeness (QED) is 0.153. The molecule has 13 heteroatoms. The standard InChI is InChI=1S/C16H29N5O8/c1-6(2)11(20-14(27)8(17)4-10(24)25)16(29)19-9(5-22)15(28)21-12(7(3)23)13(18)26/h6-9,11-12,22-23H,4-5,17H2,1-3H3,(H2,18,26)(H,19,29)(H,20,27)(H,21,28)(H,24,25)/t7-,8+,9+,11+,12+/m1/s1. The lowest BCUT2D eigenvalue weighted by Gasteiger charge is -2.26. The van der Waals surface area contributed by atoms with Gasteiger partial charge in [-0.1, -0.05) is 13.8 Å². The van der Waals surface area contributed by atoms with E-state index in [-0.39, 0.29) is 0 Å². The van der Waals surface area contributed by atoms with Crippen molar-refractivity contribution in [2.45, 2.75) is 57.5 Å². The molecule has 4 amide bonds. The molecule has 10 N–H and O–H groups in total. The molecule has 5 atom stereocenters. The molecule has 0 aliphatic carbocycles. The third-order valence-electron chi connectivity index (χ3n) is 3.88. The summed E-state index contributed by atoms with van der Waals surface area (Å²) in [6.07, 6.45) is -1.96. The predicted octanol–water partition coefficient (Wildman–Crippen LogP) is -4.24. The lowest BCUT2D eigenvalue weighted by Crippen LogP contribution is -2.60. The fourth-order valence-corrected chi connectivity index (χ4v) is 2.22. The molecule has 0 bridgehead atoms. The SMILES string of the molecule is CC(C)[C@H](NC(=O)[C@@H](N)CC(=O)O)C(=O)N[C@@H](CO)C(=O)N[C@H](C(N)=O)[C@@H](C)O. The van der Waals surface area contributed by atoms with E-state index in [1.807, 2.05) is 0 Å². The summed E-state index contributed by atoms with van der Waals surface area (Å²) in [5.74, 6) is -5.50. The minimum absolute atomic E-state index is 0.478. The van der Waals surface area contributed by atoms with E-state index in [9.17, 15) is 34.2 Å². The van der Waals surface area contributed by atoms with Crippen LogP contribution in [0, 0.1) is 5.92 Å². The summed E-state index contributed by atoms with van der Waals surface area (Å²) in [5, 5.41) is 34.2. The third kappa shape index (κ3) is 8.85. The van der Waals surface area contributed by atoms with Crippen LogP contribution in [-0.4, -0.2) is 81.8 Å². The minimum atomic E-state index is -1.51. The van der Waals surface area contributed by atoms with Gasteiger partial charge in [0.2, 0.25) is 23.6 Å². The Kier molecular flexibility index (Phi) is 10.8. The van der Waals surface area contributed by atoms with Crippen molar-refractivity contribution >= 4 is 29.6 Å². The van der Waals surface area contributed by atoms with Crippen molar-refractivity contribution in [1.82, 2.24) is 16.0 Å². The fraction of sp³-hybridized carbons (Fsp3) is 0.688. The van der Waals surface area contributed by atoms with Gasteiger partial charge in [-0.15, -0.1) is 0 Å². The minimum Gasteiger partial charge on any atom is -0.481 e. The summed E-state index contributed by atoms with van der Waals surface area (Å²) in [5.41, 5.74) is 10.5. The van der Waals surface area contributed by atoms with Crippen LogP contribution in [0.25, 0.3) is 0 Å². The van der Waals surface area contributed by atoms with Crippen molar-refractivity contribution in [3.63, 3.8) is 0 Å². The largest absolute Gasteiger partial charge is 0.481 e. The number of amides is 4. The van der Waals surface area contributed by atoms with Crippen LogP contribution in [0.1, 0.15) is 27.2 Å². The van der Waals surface area contributed by atoms with Gasteiger partial charge in [-0.25, -0.2) is 0 Å². The first kappa shape index (κ1) is 26.2. The first-order chi connectivity index (χ1) is 13.3. The zero-order valence-corrected chi connectivity index (χ0v) is 16.4. The van der Waals surface area contributed by atoms with Crippen LogP contribution in [0.4, 0.5) is 0 Å². The van der Waals surface area contributed by atoms with E-state index in [0.717, 1.165) is 0 Å². The van der Waals surface area contributed by atoms with E-state index < -0.39 is 78.8 Å². The smallest absolute Gasteiger partial charge is 0.305 e. The number of rotatable bonds is 12. The van der Waals surface area contributed by atoms with E-state index in [2.05, 4.69) is 16.0 Å². The number of hydrogen-bond donors (Lipinski definition) is 8. The summed E-state index contributed by atoms with van der Waals surface area (Å²) in [6, 6.07) is -5.52. The first-order valence-electron chi connectivity index (χ1n) is 8.78. The summed E-state index contributed by atoms with van der Waals surface area (Å²) in [7, 11) is 0. The fourth-order valence-electron chi connectivity index (χ4n) is 2.22. The monoisotopic (exact) mass is 419 g/mol. The highest BCUT2D eigenvalue weighted by atomic mass is 16.4. The summed E-state index contributed by atoms with van der Waals surface area (Å²) in [6.45, 7) is 3.53. The molecule has 0 fully saturated rings. The highest BCUT2D eigenvalue weighted by Gasteiger charge is 2.32. The molecule has 0 spiro atoms. The number of primary amides is 1. The zero-order valence-electron chi connectivity index (χ0n) is 16.4. The number of nitrogens with one attached hydrogen (secondary N) is 3. The molecule has 0 heterocycles. The van der Waals surface area contributed by atoms with Gasteiger partial charge >= 0.3 is 5.97 Å². The van der Waals surface area contributed by atoms with E-state index in [0.29, 0.717) is 0 Å². The number of carbonyl (C=O) groups is 5. The second kappa shape index (κ2) is 11.9. The van der Waals surface area contributed by atoms with Gasteiger partial charge in [0.15, 0.2) is 0 Å². The van der Waals surface area contributed by atoms with Gasteiger partial charge in [0, 0.05) is 0 Å². The second-order valence-electron chi connectivity index (χ2n) is 6.81. The van der Waals surface area contributed by atoms with E-state index in [1.54, 1.807) is 13.8 Å². The maximum atomic E-state index is 12.5. The van der Waals surface area contributed by atoms with Crippen LogP contribution in [0.5, 0.6) is 0 Å². The maximum Gasteiger partial charge on any atom is 0.305 e. The lowest BCUT2D eigenvalue weighted by molar-refractivity contribution is -0.140. The van der Waals surface area contributed by atoms with Crippen LogP contribution in [-0.2, 0) is 24.0 Å². The molecule has 0 aromatic rings. The number of hydrogen-bond acceptors (Lipinski definition) is 8. The Morgan fingerprint density at radius 3 is 1.79 bits per heavy atom. The molecule has 0 aliphatic rings. The van der Waals surface area contributed by atoms with Gasteiger partial charge in [0.05, 0.1) is 25.2 Å². The molecular weight excluding hydrogens is 390 g/mol. The number of carbonyl (C=O) groups excluding carboxylic acids is 4. The Bertz CT molecular complexity index is 624. The highest BCUT2D eigenvalue weighted by Crippen LogP contribution is 2.04. The van der Waals surface area contributed by atoms with Crippen molar-refractivity contribution in [2.75, 3.05) is 6.61 Å². The molecule has 0 radical (unpaired) electrons. The molecule has 0 saturated carbocycles. The number of carboxylic acids is 1. The summed E-state index contributed by atoms with van der Waals surface area (Å²) < 4.78 is 0. The topological polar surface area (TPSA) is 234 Å². The second-order valence-corrected chi connectivity index (χ2v) is 6.81. The molecule has 0 aromatic heterocycles. The Labute approximate surface area is 167 Å². The van der Waals surface area contributed by atoms with Crippen LogP contribution >= 0.6 is 0 Å². The Balaban J connectivity index is 5.17. The highest BCUT2D eigenvalue weighted by molar-refractivity contribution is 5.95. The van der Waals surface area contributed by atoms with Crippen LogP contribution < -0.4 is 27.4 Å². The number of carboxylic acid groups (broad SMARTS) is 1. The molecule has 166 valence electrons. The summed E-state index contributed by atoms with van der Waals surface area (Å²) in [4.78, 5) is 58.6. The Morgan fingerprint density at radius 1 is 0.897 bits per heavy atom. The van der Waals surface area contributed by atoms with Crippen molar-refractivity contribution in [1.29, 1.82) is 0 Å². The van der Waals surface area contributed by atoms with Crippen molar-refractivity contribution in [2.24, 2.45) is 17.4 Å². The van der Waals surface area contributed by atoms with Crippen LogP contribution in [0.3, 0.4) is 0 Å². The zero-order chi connectivity index (χ0) is 22.9. The molecule has 0 aromatic carbocycles. The normalized spacial score (nSPS) is 16.1. The first-order valence-corrected chi connectivity index (χ1v) is 8.78. The molecule has 13 nitrogen and oxygen atoms in total. The van der Waals surface area contributed by atoms with Crippen molar-refractivity contribution in [3.8, 4) is 0 Å². The van der Waals surface area contributed by atoms with Crippen molar-refractivity contribution in [3.05, 3.63) is 0 Å². The van der Waals surface area contributed by atoms with Crippen molar-refractivity contribution < 1.29 is 39.3 Å². The maximum absolute atomic E-state index is 12.5. The summed E-state index contributed by atoms with van der Waals surface area (Å²) >= 11 is 0. The van der Waals surface area contributed by atoms with Gasteiger partial charge in [-0.2, -0.15) is 0 Å². The lowest BCUT2D eigenvalue weighted by atomic mass is 10.0. The number of nitrogens with two attached hydrogens (primary N) is 2. The average molecular weight is 419 g/mol. The Hall–Kier alpha value is -2.77. The Morgan fingerprint density at radius 2 is 1.41 bits per heavy atom. The molecule has 0 aliphatic heterocycles. The van der Waals surface area contributed by atoms with Gasteiger partial charge in [0.1, 0.15) is 18.1 Å². The van der Waals surface area contributed by atoms with E-state index in [1.165, 1.54) is 6.92 Å².